The Bertz CT molecular complexity index is 1070. The number of aryl methyl sites for hydroxylation is 1. The van der Waals surface area contributed by atoms with Crippen LogP contribution in [0.2, 0.25) is 0 Å². The Morgan fingerprint density at radius 3 is 2.46 bits per heavy atom. The number of aliphatic hydroxyl groups excluding tert-OH is 1. The summed E-state index contributed by atoms with van der Waals surface area (Å²) in [6.45, 7) is 4.23. The highest BCUT2D eigenvalue weighted by Gasteiger charge is 2.25. The minimum absolute atomic E-state index is 0.360. The van der Waals surface area contributed by atoms with Crippen molar-refractivity contribution in [1.82, 2.24) is 5.32 Å². The summed E-state index contributed by atoms with van der Waals surface area (Å²) in [4.78, 5) is 25.2. The van der Waals surface area contributed by atoms with E-state index in [4.69, 9.17) is 0 Å². The monoisotopic (exact) mass is 553 g/mol. The summed E-state index contributed by atoms with van der Waals surface area (Å²) in [6, 6.07) is 12.5. The van der Waals surface area contributed by atoms with E-state index in [2.05, 4.69) is 12.2 Å². The van der Waals surface area contributed by atoms with Crippen LogP contribution in [-0.2, 0) is 4.79 Å². The second-order valence-electron chi connectivity index (χ2n) is 11.3. The second kappa shape index (κ2) is 16.1. The van der Waals surface area contributed by atoms with Crippen molar-refractivity contribution in [2.75, 3.05) is 12.0 Å². The lowest BCUT2D eigenvalue weighted by Crippen LogP contribution is -2.41. The molecule has 0 saturated heterocycles. The van der Waals surface area contributed by atoms with Crippen molar-refractivity contribution in [2.24, 2.45) is 11.8 Å². The molecule has 1 saturated carbocycles. The van der Waals surface area contributed by atoms with Crippen LogP contribution in [0.4, 0.5) is 0 Å². The number of amides is 1. The van der Waals surface area contributed by atoms with Crippen LogP contribution in [0.25, 0.3) is 11.1 Å². The molecule has 6 heteroatoms. The highest BCUT2D eigenvalue weighted by Crippen LogP contribution is 2.36. The van der Waals surface area contributed by atoms with Crippen LogP contribution in [0.3, 0.4) is 0 Å². The predicted octanol–water partition coefficient (Wildman–Crippen LogP) is 7.80. The van der Waals surface area contributed by atoms with Gasteiger partial charge in [-0.15, -0.1) is 0 Å². The molecule has 0 heterocycles. The molecule has 5 nitrogen and oxygen atoms in total. The fourth-order valence-corrected chi connectivity index (χ4v) is 6.44. The zero-order valence-electron chi connectivity index (χ0n) is 24.0. The van der Waals surface area contributed by atoms with Crippen molar-refractivity contribution in [2.45, 2.75) is 96.6 Å². The fourth-order valence-electron chi connectivity index (χ4n) is 5.96. The van der Waals surface area contributed by atoms with Gasteiger partial charge in [0, 0.05) is 5.56 Å². The van der Waals surface area contributed by atoms with Crippen LogP contribution in [0.1, 0.15) is 105 Å². The molecule has 1 fully saturated rings. The van der Waals surface area contributed by atoms with Gasteiger partial charge < -0.3 is 15.5 Å². The van der Waals surface area contributed by atoms with Crippen LogP contribution in [-0.4, -0.2) is 40.1 Å². The van der Waals surface area contributed by atoms with Crippen LogP contribution >= 0.6 is 11.8 Å². The number of hydrogen-bond acceptors (Lipinski definition) is 4. The zero-order valence-corrected chi connectivity index (χ0v) is 24.8. The molecule has 2 unspecified atom stereocenters. The molecular weight excluding hydrogens is 506 g/mol. The third-order valence-electron chi connectivity index (χ3n) is 8.24. The molecule has 3 rings (SSSR count). The lowest BCUT2D eigenvalue weighted by atomic mass is 9.79. The number of unbranched alkanes of at least 4 members (excludes halogenated alkanes) is 1. The largest absolute Gasteiger partial charge is 0.480 e. The van der Waals surface area contributed by atoms with Gasteiger partial charge in [0.05, 0.1) is 6.10 Å². The molecule has 1 aliphatic rings. The first kappa shape index (κ1) is 31.2. The summed E-state index contributed by atoms with van der Waals surface area (Å²) in [6.07, 6.45) is 13.7. The average molecular weight is 554 g/mol. The zero-order chi connectivity index (χ0) is 28.2. The number of thioether (sulfide) groups is 1. The Labute approximate surface area is 239 Å². The molecule has 0 spiro atoms. The smallest absolute Gasteiger partial charge is 0.326 e. The highest BCUT2D eigenvalue weighted by molar-refractivity contribution is 7.98. The maximum absolute atomic E-state index is 13.4. The van der Waals surface area contributed by atoms with E-state index in [9.17, 15) is 19.8 Å². The topological polar surface area (TPSA) is 86.6 Å². The SMILES string of the molecule is CCCCC(CC1CCCCC1)CC(O)c1ccc(C(=O)N[C@@H](CCSC)C(=O)O)c(-c2ccccc2C)c1. The van der Waals surface area contributed by atoms with Crippen molar-refractivity contribution in [3.63, 3.8) is 0 Å². The lowest BCUT2D eigenvalue weighted by molar-refractivity contribution is -0.139. The summed E-state index contributed by atoms with van der Waals surface area (Å²) in [5, 5.41) is 23.8. The second-order valence-corrected chi connectivity index (χ2v) is 12.3. The normalized spacial score (nSPS) is 16.4. The maximum Gasteiger partial charge on any atom is 0.326 e. The van der Waals surface area contributed by atoms with Crippen LogP contribution in [0.5, 0.6) is 0 Å². The molecule has 0 aliphatic heterocycles. The van der Waals surface area contributed by atoms with E-state index in [1.54, 1.807) is 17.8 Å². The standard InChI is InChI=1S/C33H47NO4S/c1-4-5-12-25(20-24-13-7-6-8-14-24)21-31(35)26-16-17-28(29(22-26)27-15-10-9-11-23(27)2)32(36)34-30(33(37)38)18-19-39-3/h9-11,15-17,22,24-25,30-31,35H,4-8,12-14,18-21H2,1-3H3,(H,34,36)(H,37,38)/t25?,30-,31?/m0/s1. The first-order valence-corrected chi connectivity index (χ1v) is 16.1. The summed E-state index contributed by atoms with van der Waals surface area (Å²) >= 11 is 1.56. The van der Waals surface area contributed by atoms with E-state index in [1.807, 2.05) is 49.6 Å². The van der Waals surface area contributed by atoms with E-state index in [1.165, 1.54) is 44.9 Å². The number of carbonyl (C=O) groups is 2. The molecule has 0 aromatic heterocycles. The molecule has 39 heavy (non-hydrogen) atoms. The highest BCUT2D eigenvalue weighted by atomic mass is 32.2. The van der Waals surface area contributed by atoms with Gasteiger partial charge in [-0.05, 0) is 84.4 Å². The van der Waals surface area contributed by atoms with Crippen LogP contribution in [0, 0.1) is 18.8 Å². The molecule has 0 radical (unpaired) electrons. The molecule has 0 bridgehead atoms. The number of carboxylic acids is 1. The van der Waals surface area contributed by atoms with Gasteiger partial charge >= 0.3 is 5.97 Å². The third-order valence-corrected chi connectivity index (χ3v) is 8.88. The van der Waals surface area contributed by atoms with Gasteiger partial charge in [-0.3, -0.25) is 4.79 Å². The molecule has 3 N–H and O–H groups in total. The molecule has 1 aliphatic carbocycles. The molecular formula is C33H47NO4S. The first-order valence-electron chi connectivity index (χ1n) is 14.7. The van der Waals surface area contributed by atoms with Gasteiger partial charge in [0.2, 0.25) is 0 Å². The van der Waals surface area contributed by atoms with E-state index in [0.717, 1.165) is 47.4 Å². The molecule has 214 valence electrons. The number of benzene rings is 2. The minimum Gasteiger partial charge on any atom is -0.480 e. The first-order chi connectivity index (χ1) is 18.8. The number of carboxylic acid groups (broad SMARTS) is 1. The summed E-state index contributed by atoms with van der Waals surface area (Å²) in [7, 11) is 0. The van der Waals surface area contributed by atoms with Gasteiger partial charge in [-0.25, -0.2) is 4.79 Å². The number of hydrogen-bond donors (Lipinski definition) is 3. The van der Waals surface area contributed by atoms with Crippen molar-refractivity contribution in [1.29, 1.82) is 0 Å². The van der Waals surface area contributed by atoms with Crippen LogP contribution in [0.15, 0.2) is 42.5 Å². The van der Waals surface area contributed by atoms with E-state index in [-0.39, 0.29) is 0 Å². The Hall–Kier alpha value is -2.31. The maximum atomic E-state index is 13.4. The molecule has 3 atom stereocenters. The Kier molecular flexibility index (Phi) is 12.9. The van der Waals surface area contributed by atoms with Gasteiger partial charge in [0.15, 0.2) is 0 Å². The number of nitrogens with one attached hydrogen (secondary N) is 1. The number of carbonyl (C=O) groups excluding carboxylic acids is 1. The Balaban J connectivity index is 1.87. The fraction of sp³-hybridized carbons (Fsp3) is 0.576. The predicted molar refractivity (Wildman–Crippen MR) is 162 cm³/mol. The van der Waals surface area contributed by atoms with Gasteiger partial charge in [-0.2, -0.15) is 11.8 Å². The lowest BCUT2D eigenvalue weighted by Gasteiger charge is -2.28. The summed E-state index contributed by atoms with van der Waals surface area (Å²) < 4.78 is 0. The van der Waals surface area contributed by atoms with Gasteiger partial charge in [0.1, 0.15) is 6.04 Å². The van der Waals surface area contributed by atoms with E-state index >= 15 is 0 Å². The number of rotatable bonds is 15. The summed E-state index contributed by atoms with van der Waals surface area (Å²) in [5.74, 6) is 0.474. The van der Waals surface area contributed by atoms with Crippen molar-refractivity contribution < 1.29 is 19.8 Å². The van der Waals surface area contributed by atoms with Crippen molar-refractivity contribution in [3.05, 3.63) is 59.2 Å². The van der Waals surface area contributed by atoms with E-state index in [0.29, 0.717) is 23.7 Å². The van der Waals surface area contributed by atoms with Gasteiger partial charge in [0.25, 0.3) is 5.91 Å². The third kappa shape index (κ3) is 9.39. The van der Waals surface area contributed by atoms with Gasteiger partial charge in [-0.1, -0.05) is 88.6 Å². The number of aliphatic carboxylic acids is 1. The Morgan fingerprint density at radius 2 is 1.79 bits per heavy atom. The van der Waals surface area contributed by atoms with Crippen molar-refractivity contribution >= 4 is 23.6 Å². The quantitative estimate of drug-likeness (QED) is 0.209. The van der Waals surface area contributed by atoms with Crippen LogP contribution < -0.4 is 5.32 Å². The summed E-state index contributed by atoms with van der Waals surface area (Å²) in [5.41, 5.74) is 3.91. The molecule has 2 aromatic carbocycles. The number of aliphatic hydroxyl groups is 1. The molecule has 1 amide bonds. The van der Waals surface area contributed by atoms with Crippen molar-refractivity contribution in [3.8, 4) is 11.1 Å². The van der Waals surface area contributed by atoms with E-state index < -0.39 is 24.0 Å². The Morgan fingerprint density at radius 1 is 1.05 bits per heavy atom. The molecule has 2 aromatic rings. The average Bonchev–Trinajstić information content (AvgIpc) is 2.94. The minimum atomic E-state index is -1.03.